The summed E-state index contributed by atoms with van der Waals surface area (Å²) < 4.78 is 7.33. The highest BCUT2D eigenvalue weighted by atomic mass is 35.5. The summed E-state index contributed by atoms with van der Waals surface area (Å²) in [6.07, 6.45) is 3.80. The number of rotatable bonds is 12. The maximum Gasteiger partial charge on any atom is 0.214 e. The Kier molecular flexibility index (Phi) is 8.39. The molecule has 0 spiro atoms. The monoisotopic (exact) mass is 493 g/mol. The first-order valence-electron chi connectivity index (χ1n) is 12.0. The highest BCUT2D eigenvalue weighted by Crippen LogP contribution is 2.32. The number of nitrogens with one attached hydrogen (secondary N) is 2. The van der Waals surface area contributed by atoms with Crippen LogP contribution < -0.4 is 15.4 Å². The van der Waals surface area contributed by atoms with Gasteiger partial charge in [-0.05, 0) is 56.7 Å². The third-order valence-corrected chi connectivity index (χ3v) is 6.29. The van der Waals surface area contributed by atoms with E-state index >= 15 is 0 Å². The minimum atomic E-state index is 0.569. The molecule has 9 heteroatoms. The van der Waals surface area contributed by atoms with E-state index in [1.54, 1.807) is 19.5 Å². The molecule has 0 aliphatic heterocycles. The molecule has 0 atom stereocenters. The van der Waals surface area contributed by atoms with Crippen LogP contribution in [0, 0.1) is 0 Å². The molecule has 0 unspecified atom stereocenters. The number of ether oxygens (including phenoxy) is 1. The molecule has 2 aromatic heterocycles. The van der Waals surface area contributed by atoms with Crippen molar-refractivity contribution < 1.29 is 4.74 Å². The van der Waals surface area contributed by atoms with Gasteiger partial charge >= 0.3 is 0 Å². The van der Waals surface area contributed by atoms with Crippen LogP contribution >= 0.6 is 11.6 Å². The summed E-state index contributed by atoms with van der Waals surface area (Å²) in [5.41, 5.74) is 2.47. The molecule has 2 heterocycles. The normalized spacial score (nSPS) is 11.2. The second-order valence-electron chi connectivity index (χ2n) is 8.15. The van der Waals surface area contributed by atoms with Crippen molar-refractivity contribution in [3.05, 3.63) is 59.9 Å². The molecule has 0 aliphatic rings. The van der Waals surface area contributed by atoms with Gasteiger partial charge in [0.2, 0.25) is 5.95 Å². The Morgan fingerprint density at radius 2 is 1.86 bits per heavy atom. The molecule has 0 aliphatic carbocycles. The van der Waals surface area contributed by atoms with E-state index in [0.29, 0.717) is 28.2 Å². The number of unbranched alkanes of at least 4 members (excludes halogenated alkanes) is 1. The first kappa shape index (κ1) is 24.8. The summed E-state index contributed by atoms with van der Waals surface area (Å²) in [5.74, 6) is 2.79. The van der Waals surface area contributed by atoms with Crippen LogP contribution in [0.4, 0.5) is 17.5 Å². The van der Waals surface area contributed by atoms with Gasteiger partial charge in [0.05, 0.1) is 28.9 Å². The Bertz CT molecular complexity index is 1260. The number of hydrogen-bond donors (Lipinski definition) is 2. The average Bonchev–Trinajstić information content (AvgIpc) is 3.25. The molecule has 0 bridgehead atoms. The molecule has 0 radical (unpaired) electrons. The summed E-state index contributed by atoms with van der Waals surface area (Å²) >= 11 is 6.45. The lowest BCUT2D eigenvalue weighted by Gasteiger charge is -2.17. The van der Waals surface area contributed by atoms with Crippen LogP contribution in [0.5, 0.6) is 5.75 Å². The van der Waals surface area contributed by atoms with E-state index in [4.69, 9.17) is 21.3 Å². The van der Waals surface area contributed by atoms with Gasteiger partial charge in [-0.3, -0.25) is 4.57 Å². The minimum absolute atomic E-state index is 0.569. The lowest BCUT2D eigenvalue weighted by Crippen LogP contribution is -2.24. The number of hydrogen-bond acceptors (Lipinski definition) is 7. The Hall–Kier alpha value is -3.36. The fraction of sp³-hybridized carbons (Fsp3) is 0.346. The molecule has 0 amide bonds. The highest BCUT2D eigenvalue weighted by Gasteiger charge is 2.16. The topological polar surface area (TPSA) is 80.1 Å². The molecule has 35 heavy (non-hydrogen) atoms. The third kappa shape index (κ3) is 6.01. The van der Waals surface area contributed by atoms with Crippen LogP contribution in [0.1, 0.15) is 26.7 Å². The van der Waals surface area contributed by atoms with Crippen LogP contribution in [0.25, 0.3) is 16.9 Å². The Balaban J connectivity index is 1.57. The van der Waals surface area contributed by atoms with Gasteiger partial charge in [-0.15, -0.1) is 0 Å². The predicted molar refractivity (Wildman–Crippen MR) is 143 cm³/mol. The molecule has 2 aromatic carbocycles. The van der Waals surface area contributed by atoms with Crippen molar-refractivity contribution in [1.82, 2.24) is 24.4 Å². The molecule has 8 nitrogen and oxygen atoms in total. The van der Waals surface area contributed by atoms with Crippen molar-refractivity contribution in [3.63, 3.8) is 0 Å². The van der Waals surface area contributed by atoms with Crippen LogP contribution in [0.3, 0.4) is 0 Å². The van der Waals surface area contributed by atoms with Crippen LogP contribution in [0.15, 0.2) is 54.9 Å². The van der Waals surface area contributed by atoms with Crippen molar-refractivity contribution in [2.24, 2.45) is 0 Å². The van der Waals surface area contributed by atoms with Crippen LogP contribution in [-0.4, -0.2) is 57.7 Å². The number of para-hydroxylation sites is 2. The van der Waals surface area contributed by atoms with Crippen LogP contribution in [0.2, 0.25) is 5.02 Å². The predicted octanol–water partition coefficient (Wildman–Crippen LogP) is 5.76. The van der Waals surface area contributed by atoms with Crippen molar-refractivity contribution >= 4 is 40.1 Å². The number of halogens is 1. The van der Waals surface area contributed by atoms with Gasteiger partial charge in [-0.2, -0.15) is 0 Å². The lowest BCUT2D eigenvalue weighted by molar-refractivity contribution is 0.298. The number of fused-ring (bicyclic) bond motifs is 1. The second-order valence-corrected chi connectivity index (χ2v) is 8.56. The maximum absolute atomic E-state index is 6.45. The first-order valence-corrected chi connectivity index (χ1v) is 12.4. The number of anilines is 3. The van der Waals surface area contributed by atoms with Gasteiger partial charge in [0.25, 0.3) is 0 Å². The molecule has 0 saturated heterocycles. The SMILES string of the molecule is CCN(CC)CCCCNc1cc(-n2c(Nc3cc(OC)ccc3Cl)nc3ccccc32)ncn1. The number of benzene rings is 2. The lowest BCUT2D eigenvalue weighted by atomic mass is 10.3. The van der Waals surface area contributed by atoms with Gasteiger partial charge in [-0.25, -0.2) is 15.0 Å². The first-order chi connectivity index (χ1) is 17.1. The molecule has 184 valence electrons. The standard InChI is InChI=1S/C26H32ClN7O/c1-4-33(5-2)15-9-8-14-28-24-17-25(30-18-29-24)34-23-11-7-6-10-21(23)31-26(34)32-22-16-19(35-3)12-13-20(22)27/h6-7,10-13,16-18H,4-5,8-9,14-15H2,1-3H3,(H,31,32)(H,28,29,30). The summed E-state index contributed by atoms with van der Waals surface area (Å²) in [6, 6.07) is 15.3. The maximum atomic E-state index is 6.45. The largest absolute Gasteiger partial charge is 0.497 e. The summed E-state index contributed by atoms with van der Waals surface area (Å²) in [7, 11) is 1.63. The number of aromatic nitrogens is 4. The molecule has 4 rings (SSSR count). The summed E-state index contributed by atoms with van der Waals surface area (Å²) in [5, 5.41) is 7.36. The van der Waals surface area contributed by atoms with Gasteiger partial charge < -0.3 is 20.3 Å². The molecule has 0 saturated carbocycles. The van der Waals surface area contributed by atoms with Crippen molar-refractivity contribution in [1.29, 1.82) is 0 Å². The fourth-order valence-electron chi connectivity index (χ4n) is 3.97. The molecular formula is C26H32ClN7O. The molecule has 4 aromatic rings. The van der Waals surface area contributed by atoms with E-state index in [2.05, 4.69) is 39.3 Å². The Labute approximate surface area is 211 Å². The Morgan fingerprint density at radius 1 is 1.03 bits per heavy atom. The van der Waals surface area contributed by atoms with Gasteiger partial charge in [-0.1, -0.05) is 37.6 Å². The zero-order valence-electron chi connectivity index (χ0n) is 20.5. The van der Waals surface area contributed by atoms with Gasteiger partial charge in [0.15, 0.2) is 0 Å². The molecule has 2 N–H and O–H groups in total. The zero-order valence-corrected chi connectivity index (χ0v) is 21.2. The molecule has 0 fully saturated rings. The second kappa shape index (κ2) is 11.9. The van der Waals surface area contributed by atoms with E-state index in [1.165, 1.54) is 0 Å². The van der Waals surface area contributed by atoms with Gasteiger partial charge in [0, 0.05) is 18.7 Å². The third-order valence-electron chi connectivity index (χ3n) is 5.96. The van der Waals surface area contributed by atoms with Crippen molar-refractivity contribution in [2.75, 3.05) is 43.9 Å². The number of imidazole rings is 1. The Morgan fingerprint density at radius 3 is 2.66 bits per heavy atom. The van der Waals surface area contributed by atoms with Crippen LogP contribution in [-0.2, 0) is 0 Å². The summed E-state index contributed by atoms with van der Waals surface area (Å²) in [4.78, 5) is 16.2. The van der Waals surface area contributed by atoms with E-state index in [1.807, 2.05) is 47.0 Å². The quantitative estimate of drug-likeness (QED) is 0.243. The smallest absolute Gasteiger partial charge is 0.214 e. The number of methoxy groups -OCH3 is 1. The molecular weight excluding hydrogens is 462 g/mol. The van der Waals surface area contributed by atoms with E-state index in [-0.39, 0.29) is 0 Å². The highest BCUT2D eigenvalue weighted by molar-refractivity contribution is 6.33. The average molecular weight is 494 g/mol. The van der Waals surface area contributed by atoms with E-state index < -0.39 is 0 Å². The summed E-state index contributed by atoms with van der Waals surface area (Å²) in [6.45, 7) is 8.56. The minimum Gasteiger partial charge on any atom is -0.497 e. The zero-order chi connectivity index (χ0) is 24.6. The van der Waals surface area contributed by atoms with Crippen molar-refractivity contribution in [2.45, 2.75) is 26.7 Å². The van der Waals surface area contributed by atoms with E-state index in [9.17, 15) is 0 Å². The van der Waals surface area contributed by atoms with E-state index in [0.717, 1.165) is 55.9 Å². The van der Waals surface area contributed by atoms with Crippen molar-refractivity contribution in [3.8, 4) is 11.6 Å². The number of nitrogens with zero attached hydrogens (tertiary/aromatic N) is 5. The fourth-order valence-corrected chi connectivity index (χ4v) is 4.14. The van der Waals surface area contributed by atoms with Gasteiger partial charge in [0.1, 0.15) is 23.7 Å².